The van der Waals surface area contributed by atoms with Gasteiger partial charge in [-0.1, -0.05) is 0 Å². The van der Waals surface area contributed by atoms with Gasteiger partial charge >= 0.3 is 0 Å². The number of benzene rings is 1. The van der Waals surface area contributed by atoms with Crippen LogP contribution in [0.3, 0.4) is 0 Å². The van der Waals surface area contributed by atoms with Crippen LogP contribution in [0.4, 0.5) is 4.39 Å². The summed E-state index contributed by atoms with van der Waals surface area (Å²) in [6.07, 6.45) is 4.31. The molecular formula is C13H14FN3. The molecule has 0 bridgehead atoms. The van der Waals surface area contributed by atoms with Gasteiger partial charge in [-0.3, -0.25) is 0 Å². The van der Waals surface area contributed by atoms with Crippen molar-refractivity contribution in [3.8, 4) is 5.69 Å². The highest BCUT2D eigenvalue weighted by atomic mass is 19.1. The van der Waals surface area contributed by atoms with E-state index in [1.165, 1.54) is 25.0 Å². The second kappa shape index (κ2) is 3.96. The fourth-order valence-electron chi connectivity index (χ4n) is 1.96. The fraction of sp³-hybridized carbons (Fsp3) is 0.308. The van der Waals surface area contributed by atoms with Crippen LogP contribution in [0.5, 0.6) is 0 Å². The first-order valence-electron chi connectivity index (χ1n) is 5.82. The Hall–Kier alpha value is -1.68. The van der Waals surface area contributed by atoms with Crippen LogP contribution in [0.15, 0.2) is 30.5 Å². The molecule has 0 unspecified atom stereocenters. The van der Waals surface area contributed by atoms with Gasteiger partial charge < -0.3 is 5.73 Å². The SMILES string of the molecule is NCc1cc(F)cc(-n2ccc(C3CC3)n2)c1. The van der Waals surface area contributed by atoms with Crippen LogP contribution in [0, 0.1) is 5.82 Å². The van der Waals surface area contributed by atoms with E-state index in [4.69, 9.17) is 5.73 Å². The van der Waals surface area contributed by atoms with Gasteiger partial charge in [-0.25, -0.2) is 9.07 Å². The molecule has 0 amide bonds. The highest BCUT2D eigenvalue weighted by Gasteiger charge is 2.25. The third-order valence-electron chi connectivity index (χ3n) is 3.05. The molecule has 0 spiro atoms. The van der Waals surface area contributed by atoms with Crippen LogP contribution in [-0.2, 0) is 6.54 Å². The standard InChI is InChI=1S/C13H14FN3/c14-11-5-9(8-15)6-12(7-11)17-4-3-13(16-17)10-1-2-10/h3-7,10H,1-2,8,15H2. The molecule has 4 heteroatoms. The lowest BCUT2D eigenvalue weighted by Crippen LogP contribution is -2.01. The van der Waals surface area contributed by atoms with E-state index in [0.29, 0.717) is 12.5 Å². The van der Waals surface area contributed by atoms with Crippen LogP contribution in [0.25, 0.3) is 5.69 Å². The molecule has 1 heterocycles. The van der Waals surface area contributed by atoms with Gasteiger partial charge in [0.25, 0.3) is 0 Å². The highest BCUT2D eigenvalue weighted by molar-refractivity contribution is 5.36. The Morgan fingerprint density at radius 1 is 1.35 bits per heavy atom. The Kier molecular flexibility index (Phi) is 2.44. The maximum atomic E-state index is 13.4. The molecule has 1 aromatic carbocycles. The van der Waals surface area contributed by atoms with Crippen LogP contribution in [0.2, 0.25) is 0 Å². The van der Waals surface area contributed by atoms with E-state index < -0.39 is 0 Å². The zero-order chi connectivity index (χ0) is 11.8. The van der Waals surface area contributed by atoms with Crippen molar-refractivity contribution in [2.24, 2.45) is 5.73 Å². The van der Waals surface area contributed by atoms with Crippen molar-refractivity contribution >= 4 is 0 Å². The molecule has 1 saturated carbocycles. The van der Waals surface area contributed by atoms with Gasteiger partial charge in [0.2, 0.25) is 0 Å². The molecule has 3 rings (SSSR count). The second-order valence-corrected chi connectivity index (χ2v) is 4.48. The van der Waals surface area contributed by atoms with E-state index in [2.05, 4.69) is 5.10 Å². The quantitative estimate of drug-likeness (QED) is 0.881. The molecule has 0 atom stereocenters. The van der Waals surface area contributed by atoms with E-state index >= 15 is 0 Å². The van der Waals surface area contributed by atoms with Gasteiger partial charge in [-0.2, -0.15) is 5.10 Å². The smallest absolute Gasteiger partial charge is 0.125 e. The summed E-state index contributed by atoms with van der Waals surface area (Å²) in [6.45, 7) is 0.335. The number of hydrogen-bond donors (Lipinski definition) is 1. The van der Waals surface area contributed by atoms with Crippen molar-refractivity contribution in [1.29, 1.82) is 0 Å². The first-order chi connectivity index (χ1) is 8.26. The number of nitrogens with zero attached hydrogens (tertiary/aromatic N) is 2. The first kappa shape index (κ1) is 10.5. The van der Waals surface area contributed by atoms with Crippen molar-refractivity contribution in [3.05, 3.63) is 47.5 Å². The molecule has 0 aliphatic heterocycles. The molecule has 2 aromatic rings. The molecule has 0 saturated heterocycles. The summed E-state index contributed by atoms with van der Waals surface area (Å²) in [5.74, 6) is 0.338. The van der Waals surface area contributed by atoms with Gasteiger partial charge in [-0.15, -0.1) is 0 Å². The lowest BCUT2D eigenvalue weighted by Gasteiger charge is -2.04. The third kappa shape index (κ3) is 2.08. The summed E-state index contributed by atoms with van der Waals surface area (Å²) in [7, 11) is 0. The van der Waals surface area contributed by atoms with Crippen molar-refractivity contribution in [2.75, 3.05) is 0 Å². The predicted octanol–water partition coefficient (Wildman–Crippen LogP) is 2.35. The van der Waals surface area contributed by atoms with Gasteiger partial charge in [0, 0.05) is 18.7 Å². The average Bonchev–Trinajstić information content (AvgIpc) is 3.06. The van der Waals surface area contributed by atoms with Crippen molar-refractivity contribution in [3.63, 3.8) is 0 Å². The Labute approximate surface area is 99.1 Å². The Morgan fingerprint density at radius 2 is 2.18 bits per heavy atom. The highest BCUT2D eigenvalue weighted by Crippen LogP contribution is 2.39. The number of halogens is 1. The summed E-state index contributed by atoms with van der Waals surface area (Å²) < 4.78 is 15.1. The van der Waals surface area contributed by atoms with Crippen LogP contribution >= 0.6 is 0 Å². The zero-order valence-corrected chi connectivity index (χ0v) is 9.44. The van der Waals surface area contributed by atoms with Gasteiger partial charge in [-0.05, 0) is 42.7 Å². The average molecular weight is 231 g/mol. The minimum absolute atomic E-state index is 0.272. The maximum Gasteiger partial charge on any atom is 0.125 e. The topological polar surface area (TPSA) is 43.8 Å². The summed E-state index contributed by atoms with van der Waals surface area (Å²) in [5.41, 5.74) is 8.15. The van der Waals surface area contributed by atoms with E-state index in [-0.39, 0.29) is 5.82 Å². The van der Waals surface area contributed by atoms with Crippen LogP contribution < -0.4 is 5.73 Å². The first-order valence-corrected chi connectivity index (χ1v) is 5.82. The van der Waals surface area contributed by atoms with E-state index in [9.17, 15) is 4.39 Å². The zero-order valence-electron chi connectivity index (χ0n) is 9.44. The second-order valence-electron chi connectivity index (χ2n) is 4.48. The summed E-state index contributed by atoms with van der Waals surface area (Å²) >= 11 is 0. The summed E-state index contributed by atoms with van der Waals surface area (Å²) in [6, 6.07) is 6.80. The van der Waals surface area contributed by atoms with Gasteiger partial charge in [0.1, 0.15) is 5.82 Å². The monoisotopic (exact) mass is 231 g/mol. The van der Waals surface area contributed by atoms with Crippen LogP contribution in [-0.4, -0.2) is 9.78 Å². The van der Waals surface area contributed by atoms with Crippen molar-refractivity contribution in [1.82, 2.24) is 9.78 Å². The number of nitrogens with two attached hydrogens (primary N) is 1. The van der Waals surface area contributed by atoms with Gasteiger partial charge in [0.15, 0.2) is 0 Å². The van der Waals surface area contributed by atoms with E-state index in [0.717, 1.165) is 16.9 Å². The Bertz CT molecular complexity index is 543. The largest absolute Gasteiger partial charge is 0.326 e. The fourth-order valence-corrected chi connectivity index (χ4v) is 1.96. The summed E-state index contributed by atoms with van der Waals surface area (Å²) in [4.78, 5) is 0. The Morgan fingerprint density at radius 3 is 2.88 bits per heavy atom. The Balaban J connectivity index is 1.98. The molecule has 1 aliphatic carbocycles. The van der Waals surface area contributed by atoms with Gasteiger partial charge in [0.05, 0.1) is 11.4 Å². The number of aromatic nitrogens is 2. The molecule has 3 nitrogen and oxygen atoms in total. The molecule has 0 radical (unpaired) electrons. The molecule has 1 aliphatic rings. The number of hydrogen-bond acceptors (Lipinski definition) is 2. The molecule has 1 aromatic heterocycles. The minimum atomic E-state index is -0.272. The molecule has 88 valence electrons. The van der Waals surface area contributed by atoms with E-state index in [1.54, 1.807) is 4.68 Å². The third-order valence-corrected chi connectivity index (χ3v) is 3.05. The summed E-state index contributed by atoms with van der Waals surface area (Å²) in [5, 5.41) is 4.47. The van der Waals surface area contributed by atoms with Crippen molar-refractivity contribution in [2.45, 2.75) is 25.3 Å². The lowest BCUT2D eigenvalue weighted by atomic mass is 10.2. The molecular weight excluding hydrogens is 217 g/mol. The van der Waals surface area contributed by atoms with E-state index in [1.807, 2.05) is 18.3 Å². The minimum Gasteiger partial charge on any atom is -0.326 e. The molecule has 2 N–H and O–H groups in total. The predicted molar refractivity (Wildman–Crippen MR) is 63.4 cm³/mol. The lowest BCUT2D eigenvalue weighted by molar-refractivity contribution is 0.622. The normalized spacial score (nSPS) is 15.2. The molecule has 17 heavy (non-hydrogen) atoms. The van der Waals surface area contributed by atoms with Crippen LogP contribution in [0.1, 0.15) is 30.0 Å². The number of rotatable bonds is 3. The van der Waals surface area contributed by atoms with Crippen molar-refractivity contribution < 1.29 is 4.39 Å². The maximum absolute atomic E-state index is 13.4. The molecule has 1 fully saturated rings.